The van der Waals surface area contributed by atoms with E-state index in [0.29, 0.717) is 19.4 Å². The molecule has 32 heavy (non-hydrogen) atoms. The summed E-state index contributed by atoms with van der Waals surface area (Å²) < 4.78 is 0. The topological polar surface area (TPSA) is 197 Å². The van der Waals surface area contributed by atoms with Crippen molar-refractivity contribution >= 4 is 23.7 Å². The lowest BCUT2D eigenvalue weighted by Crippen LogP contribution is -2.55. The van der Waals surface area contributed by atoms with Gasteiger partial charge in [-0.1, -0.05) is 12.1 Å². The number of carbonyl (C=O) groups is 4. The average Bonchev–Trinajstić information content (AvgIpc) is 2.74. The van der Waals surface area contributed by atoms with E-state index in [-0.39, 0.29) is 18.6 Å². The van der Waals surface area contributed by atoms with Crippen LogP contribution in [0.15, 0.2) is 24.3 Å². The fourth-order valence-corrected chi connectivity index (χ4v) is 2.82. The summed E-state index contributed by atoms with van der Waals surface area (Å²) in [6.07, 6.45) is 1.62. The van der Waals surface area contributed by atoms with Gasteiger partial charge in [0.05, 0.1) is 6.04 Å². The second kappa shape index (κ2) is 13.3. The molecule has 0 heterocycles. The SMILES string of the molecule is CC(NC(=O)C(N)Cc1ccc(O)cc1)C(=O)NC(C)C(=O)NC(CCCCN)C(=O)O. The highest BCUT2D eigenvalue weighted by molar-refractivity contribution is 5.93. The quantitative estimate of drug-likeness (QED) is 0.185. The lowest BCUT2D eigenvalue weighted by molar-refractivity contribution is -0.142. The number of phenolic OH excluding ortho intramolecular Hbond substituents is 1. The highest BCUT2D eigenvalue weighted by Gasteiger charge is 2.26. The van der Waals surface area contributed by atoms with E-state index in [1.165, 1.54) is 26.0 Å². The molecule has 3 amide bonds. The molecule has 0 aromatic heterocycles. The third-order valence-corrected chi connectivity index (χ3v) is 4.79. The molecule has 0 fully saturated rings. The van der Waals surface area contributed by atoms with E-state index in [4.69, 9.17) is 11.5 Å². The van der Waals surface area contributed by atoms with Gasteiger partial charge in [-0.25, -0.2) is 4.79 Å². The Hall–Kier alpha value is -3.18. The fourth-order valence-electron chi connectivity index (χ4n) is 2.82. The van der Waals surface area contributed by atoms with E-state index in [9.17, 15) is 29.4 Å². The number of aromatic hydroxyl groups is 1. The van der Waals surface area contributed by atoms with Crippen LogP contribution in [0.5, 0.6) is 5.75 Å². The van der Waals surface area contributed by atoms with Crippen LogP contribution in [0.1, 0.15) is 38.7 Å². The first-order chi connectivity index (χ1) is 15.0. The van der Waals surface area contributed by atoms with Crippen molar-refractivity contribution in [2.45, 2.75) is 63.7 Å². The summed E-state index contributed by atoms with van der Waals surface area (Å²) in [6.45, 7) is 3.28. The predicted molar refractivity (Wildman–Crippen MR) is 117 cm³/mol. The standard InChI is InChI=1S/C21H33N5O6/c1-12(25-20(30)16(23)11-14-6-8-15(27)9-7-14)18(28)24-13(2)19(29)26-17(21(31)32)5-3-4-10-22/h6-9,12-13,16-17,27H,3-5,10-11,22-23H2,1-2H3,(H,24,28)(H,25,30)(H,26,29)(H,31,32). The monoisotopic (exact) mass is 451 g/mol. The molecule has 0 aliphatic heterocycles. The molecule has 1 rings (SSSR count). The first-order valence-corrected chi connectivity index (χ1v) is 10.4. The van der Waals surface area contributed by atoms with Gasteiger partial charge in [0.1, 0.15) is 23.9 Å². The number of nitrogens with two attached hydrogens (primary N) is 2. The molecule has 0 aliphatic carbocycles. The second-order valence-electron chi connectivity index (χ2n) is 7.62. The molecule has 0 spiro atoms. The summed E-state index contributed by atoms with van der Waals surface area (Å²) in [5.41, 5.74) is 12.0. The van der Waals surface area contributed by atoms with Crippen molar-refractivity contribution in [2.75, 3.05) is 6.54 Å². The Balaban J connectivity index is 2.52. The number of nitrogens with one attached hydrogen (secondary N) is 3. The Morgan fingerprint density at radius 1 is 0.906 bits per heavy atom. The van der Waals surface area contributed by atoms with E-state index >= 15 is 0 Å². The summed E-state index contributed by atoms with van der Waals surface area (Å²) in [6, 6.07) is 2.26. The fraction of sp³-hybridized carbons (Fsp3) is 0.524. The Morgan fingerprint density at radius 3 is 1.97 bits per heavy atom. The van der Waals surface area contributed by atoms with Crippen LogP contribution >= 0.6 is 0 Å². The van der Waals surface area contributed by atoms with Gasteiger partial charge < -0.3 is 37.6 Å². The van der Waals surface area contributed by atoms with E-state index in [2.05, 4.69) is 16.0 Å². The van der Waals surface area contributed by atoms with Crippen LogP contribution in [-0.4, -0.2) is 64.6 Å². The normalized spacial score (nSPS) is 14.5. The maximum Gasteiger partial charge on any atom is 0.326 e. The highest BCUT2D eigenvalue weighted by Crippen LogP contribution is 2.11. The van der Waals surface area contributed by atoms with Crippen LogP contribution in [0.4, 0.5) is 0 Å². The average molecular weight is 452 g/mol. The number of phenols is 1. The molecule has 1 aromatic carbocycles. The minimum absolute atomic E-state index is 0.0976. The van der Waals surface area contributed by atoms with Gasteiger partial charge in [0, 0.05) is 0 Å². The highest BCUT2D eigenvalue weighted by atomic mass is 16.4. The van der Waals surface area contributed by atoms with Gasteiger partial charge in [-0.2, -0.15) is 0 Å². The third-order valence-electron chi connectivity index (χ3n) is 4.79. The molecule has 4 unspecified atom stereocenters. The van der Waals surface area contributed by atoms with Gasteiger partial charge in [-0.15, -0.1) is 0 Å². The van der Waals surface area contributed by atoms with Crippen LogP contribution in [0.25, 0.3) is 0 Å². The first-order valence-electron chi connectivity index (χ1n) is 10.4. The third kappa shape index (κ3) is 9.31. The predicted octanol–water partition coefficient (Wildman–Crippen LogP) is -1.03. The smallest absolute Gasteiger partial charge is 0.326 e. The number of aliphatic carboxylic acids is 1. The summed E-state index contributed by atoms with van der Waals surface area (Å²) >= 11 is 0. The van der Waals surface area contributed by atoms with Crippen molar-refractivity contribution < 1.29 is 29.4 Å². The molecule has 0 saturated heterocycles. The van der Waals surface area contributed by atoms with Crippen molar-refractivity contribution in [3.8, 4) is 5.75 Å². The van der Waals surface area contributed by atoms with E-state index in [1.54, 1.807) is 12.1 Å². The summed E-state index contributed by atoms with van der Waals surface area (Å²) in [7, 11) is 0. The van der Waals surface area contributed by atoms with Crippen LogP contribution in [0.3, 0.4) is 0 Å². The number of carboxylic acids is 1. The number of amides is 3. The molecule has 0 radical (unpaired) electrons. The van der Waals surface area contributed by atoms with E-state index < -0.39 is 47.9 Å². The molecule has 11 heteroatoms. The van der Waals surface area contributed by atoms with Crippen LogP contribution < -0.4 is 27.4 Å². The second-order valence-corrected chi connectivity index (χ2v) is 7.62. The number of unbranched alkanes of at least 4 members (excludes halogenated alkanes) is 1. The molecule has 9 N–H and O–H groups in total. The number of benzene rings is 1. The zero-order chi connectivity index (χ0) is 24.3. The van der Waals surface area contributed by atoms with Crippen LogP contribution in [-0.2, 0) is 25.6 Å². The van der Waals surface area contributed by atoms with Crippen molar-refractivity contribution in [3.63, 3.8) is 0 Å². The molecule has 0 aliphatic rings. The Labute approximate surface area is 186 Å². The van der Waals surface area contributed by atoms with Crippen molar-refractivity contribution in [1.29, 1.82) is 0 Å². The van der Waals surface area contributed by atoms with Gasteiger partial charge in [0.2, 0.25) is 17.7 Å². The zero-order valence-corrected chi connectivity index (χ0v) is 18.3. The molecule has 0 saturated carbocycles. The Morgan fingerprint density at radius 2 is 1.44 bits per heavy atom. The van der Waals surface area contributed by atoms with Crippen molar-refractivity contribution in [3.05, 3.63) is 29.8 Å². The molecular formula is C21H33N5O6. The van der Waals surface area contributed by atoms with Crippen LogP contribution in [0.2, 0.25) is 0 Å². The van der Waals surface area contributed by atoms with Crippen LogP contribution in [0, 0.1) is 0 Å². The maximum atomic E-state index is 12.3. The molecule has 178 valence electrons. The van der Waals surface area contributed by atoms with Gasteiger partial charge >= 0.3 is 5.97 Å². The van der Waals surface area contributed by atoms with E-state index in [1.807, 2.05) is 0 Å². The lowest BCUT2D eigenvalue weighted by Gasteiger charge is -2.21. The Kier molecular flexibility index (Phi) is 11.1. The number of carbonyl (C=O) groups excluding carboxylic acids is 3. The van der Waals surface area contributed by atoms with Gasteiger partial charge in [-0.3, -0.25) is 14.4 Å². The summed E-state index contributed by atoms with van der Waals surface area (Å²) in [5.74, 6) is -2.89. The summed E-state index contributed by atoms with van der Waals surface area (Å²) in [5, 5.41) is 25.9. The molecule has 1 aromatic rings. The largest absolute Gasteiger partial charge is 0.508 e. The lowest BCUT2D eigenvalue weighted by atomic mass is 10.1. The minimum Gasteiger partial charge on any atom is -0.508 e. The first kappa shape index (κ1) is 26.9. The molecule has 0 bridgehead atoms. The summed E-state index contributed by atoms with van der Waals surface area (Å²) in [4.78, 5) is 48.2. The number of rotatable bonds is 13. The van der Waals surface area contributed by atoms with Crippen molar-refractivity contribution in [2.24, 2.45) is 11.5 Å². The van der Waals surface area contributed by atoms with Gasteiger partial charge in [0.25, 0.3) is 0 Å². The number of carboxylic acid groups (broad SMARTS) is 1. The molecule has 11 nitrogen and oxygen atoms in total. The van der Waals surface area contributed by atoms with E-state index in [0.717, 1.165) is 5.56 Å². The number of hydrogen-bond acceptors (Lipinski definition) is 7. The van der Waals surface area contributed by atoms with Gasteiger partial charge in [-0.05, 0) is 63.8 Å². The maximum absolute atomic E-state index is 12.3. The minimum atomic E-state index is -1.17. The van der Waals surface area contributed by atoms with Gasteiger partial charge in [0.15, 0.2) is 0 Å². The zero-order valence-electron chi connectivity index (χ0n) is 18.3. The molecule has 4 atom stereocenters. The number of hydrogen-bond donors (Lipinski definition) is 7. The molecular weight excluding hydrogens is 418 g/mol. The van der Waals surface area contributed by atoms with Crippen molar-refractivity contribution in [1.82, 2.24) is 16.0 Å². The Bertz CT molecular complexity index is 785.